The van der Waals surface area contributed by atoms with Crippen molar-refractivity contribution in [3.63, 3.8) is 0 Å². The fourth-order valence-electron chi connectivity index (χ4n) is 0.893. The summed E-state index contributed by atoms with van der Waals surface area (Å²) in [4.78, 5) is 0. The van der Waals surface area contributed by atoms with Gasteiger partial charge in [-0.25, -0.2) is 0 Å². The molecule has 2 nitrogen and oxygen atoms in total. The molecule has 0 aliphatic rings. The third-order valence-electron chi connectivity index (χ3n) is 1.97. The fraction of sp³-hybridized carbons (Fsp3) is 0.400. The Hall–Kier alpha value is 0.0400. The van der Waals surface area contributed by atoms with E-state index in [0.29, 0.717) is 20.3 Å². The van der Waals surface area contributed by atoms with E-state index < -0.39 is 6.10 Å². The van der Waals surface area contributed by atoms with Gasteiger partial charge in [0.2, 0.25) is 0 Å². The van der Waals surface area contributed by atoms with E-state index in [0.717, 1.165) is 0 Å². The first-order chi connectivity index (χ1) is 6.91. The second kappa shape index (κ2) is 5.39. The van der Waals surface area contributed by atoms with E-state index in [2.05, 4.69) is 15.9 Å². The van der Waals surface area contributed by atoms with Crippen molar-refractivity contribution in [1.82, 2.24) is 0 Å². The molecule has 0 bridgehead atoms. The Kier molecular flexibility index (Phi) is 4.71. The van der Waals surface area contributed by atoms with Crippen LogP contribution >= 0.6 is 39.1 Å². The molecule has 1 N–H and O–H groups in total. The second-order valence-electron chi connectivity index (χ2n) is 3.26. The Morgan fingerprint density at radius 2 is 1.87 bits per heavy atom. The van der Waals surface area contributed by atoms with E-state index in [1.807, 2.05) is 0 Å². The summed E-state index contributed by atoms with van der Waals surface area (Å²) >= 11 is 15.1. The van der Waals surface area contributed by atoms with E-state index in [1.165, 1.54) is 0 Å². The highest BCUT2D eigenvalue weighted by Gasteiger charge is 2.13. The standard InChI is InChI=1S/C10H11BrCl2O2/c1-5(14)6(2)15-10-4-8(12)7(11)3-9(10)13/h3-6,14H,1-2H3. The van der Waals surface area contributed by atoms with Gasteiger partial charge in [0.1, 0.15) is 11.9 Å². The normalized spacial score (nSPS) is 14.8. The van der Waals surface area contributed by atoms with Gasteiger partial charge in [0.05, 0.1) is 16.1 Å². The molecule has 2 unspecified atom stereocenters. The van der Waals surface area contributed by atoms with E-state index in [9.17, 15) is 5.11 Å². The smallest absolute Gasteiger partial charge is 0.140 e. The summed E-state index contributed by atoms with van der Waals surface area (Å²) in [5, 5.41) is 10.3. The third kappa shape index (κ3) is 3.52. The maximum absolute atomic E-state index is 9.29. The van der Waals surface area contributed by atoms with Crippen molar-refractivity contribution >= 4 is 39.1 Å². The summed E-state index contributed by atoms with van der Waals surface area (Å²) in [5.41, 5.74) is 0. The summed E-state index contributed by atoms with van der Waals surface area (Å²) in [5.74, 6) is 0.471. The van der Waals surface area contributed by atoms with Crippen LogP contribution in [0.4, 0.5) is 0 Å². The number of ether oxygens (including phenoxy) is 1. The lowest BCUT2D eigenvalue weighted by atomic mass is 10.2. The minimum absolute atomic E-state index is 0.334. The molecule has 1 aromatic rings. The molecule has 5 heteroatoms. The van der Waals surface area contributed by atoms with E-state index in [-0.39, 0.29) is 6.10 Å². The van der Waals surface area contributed by atoms with Crippen LogP contribution in [0.3, 0.4) is 0 Å². The van der Waals surface area contributed by atoms with Crippen molar-refractivity contribution in [3.8, 4) is 5.75 Å². The zero-order chi connectivity index (χ0) is 11.6. The topological polar surface area (TPSA) is 29.5 Å². The van der Waals surface area contributed by atoms with E-state index in [1.54, 1.807) is 26.0 Å². The molecule has 1 aromatic carbocycles. The molecule has 0 aromatic heterocycles. The molecule has 0 amide bonds. The van der Waals surface area contributed by atoms with Crippen molar-refractivity contribution in [2.45, 2.75) is 26.1 Å². The first-order valence-corrected chi connectivity index (χ1v) is 5.96. The molecular weight excluding hydrogens is 303 g/mol. The Balaban J connectivity index is 2.91. The molecule has 0 aliphatic carbocycles. The zero-order valence-electron chi connectivity index (χ0n) is 8.30. The van der Waals surface area contributed by atoms with Crippen molar-refractivity contribution < 1.29 is 9.84 Å². The average Bonchev–Trinajstić information content (AvgIpc) is 2.13. The lowest BCUT2D eigenvalue weighted by Crippen LogP contribution is -2.25. The van der Waals surface area contributed by atoms with Crippen LogP contribution in [0, 0.1) is 0 Å². The molecule has 1 rings (SSSR count). The average molecular weight is 314 g/mol. The largest absolute Gasteiger partial charge is 0.486 e. The quantitative estimate of drug-likeness (QED) is 0.857. The maximum atomic E-state index is 9.29. The van der Waals surface area contributed by atoms with Gasteiger partial charge in [-0.2, -0.15) is 0 Å². The van der Waals surface area contributed by atoms with Gasteiger partial charge in [-0.3, -0.25) is 0 Å². The van der Waals surface area contributed by atoms with Gasteiger partial charge in [0, 0.05) is 10.5 Å². The van der Waals surface area contributed by atoms with E-state index >= 15 is 0 Å². The molecular formula is C10H11BrCl2O2. The number of hydrogen-bond acceptors (Lipinski definition) is 2. The minimum Gasteiger partial charge on any atom is -0.486 e. The molecule has 0 saturated carbocycles. The predicted molar refractivity (Wildman–Crippen MR) is 65.9 cm³/mol. The molecule has 0 saturated heterocycles. The third-order valence-corrected chi connectivity index (χ3v) is 3.46. The Bertz CT molecular complexity index is 356. The van der Waals surface area contributed by atoms with Gasteiger partial charge in [0.15, 0.2) is 0 Å². The van der Waals surface area contributed by atoms with Crippen LogP contribution in [-0.4, -0.2) is 17.3 Å². The summed E-state index contributed by atoms with van der Waals surface area (Å²) in [6.45, 7) is 3.41. The number of benzene rings is 1. The number of rotatable bonds is 3. The summed E-state index contributed by atoms with van der Waals surface area (Å²) < 4.78 is 6.17. The maximum Gasteiger partial charge on any atom is 0.140 e. The van der Waals surface area contributed by atoms with Crippen molar-refractivity contribution in [3.05, 3.63) is 26.7 Å². The van der Waals surface area contributed by atoms with E-state index in [4.69, 9.17) is 27.9 Å². The molecule has 0 fully saturated rings. The number of aliphatic hydroxyl groups excluding tert-OH is 1. The fourth-order valence-corrected chi connectivity index (χ4v) is 1.73. The lowest BCUT2D eigenvalue weighted by molar-refractivity contribution is 0.0605. The van der Waals surface area contributed by atoms with Crippen LogP contribution in [0.15, 0.2) is 16.6 Å². The van der Waals surface area contributed by atoms with Gasteiger partial charge >= 0.3 is 0 Å². The van der Waals surface area contributed by atoms with Crippen LogP contribution in [0.2, 0.25) is 10.0 Å². The molecule has 0 radical (unpaired) electrons. The van der Waals surface area contributed by atoms with Gasteiger partial charge in [-0.15, -0.1) is 0 Å². The van der Waals surface area contributed by atoms with Crippen LogP contribution in [-0.2, 0) is 0 Å². The molecule has 15 heavy (non-hydrogen) atoms. The summed E-state index contributed by atoms with van der Waals surface area (Å²) in [6.07, 6.45) is -0.900. The lowest BCUT2D eigenvalue weighted by Gasteiger charge is -2.18. The highest BCUT2D eigenvalue weighted by Crippen LogP contribution is 2.34. The SMILES string of the molecule is CC(O)C(C)Oc1cc(Cl)c(Br)cc1Cl. The van der Waals surface area contributed by atoms with Crippen molar-refractivity contribution in [2.75, 3.05) is 0 Å². The molecule has 0 aliphatic heterocycles. The minimum atomic E-state index is -0.566. The van der Waals surface area contributed by atoms with Crippen molar-refractivity contribution in [2.24, 2.45) is 0 Å². The number of halogens is 3. The summed E-state index contributed by atoms with van der Waals surface area (Å²) in [6, 6.07) is 3.28. The highest BCUT2D eigenvalue weighted by atomic mass is 79.9. The predicted octanol–water partition coefficient (Wildman–Crippen LogP) is 3.90. The van der Waals surface area contributed by atoms with Crippen molar-refractivity contribution in [1.29, 1.82) is 0 Å². The molecule has 0 heterocycles. The second-order valence-corrected chi connectivity index (χ2v) is 4.93. The van der Waals surface area contributed by atoms with Gasteiger partial charge in [0.25, 0.3) is 0 Å². The first-order valence-electron chi connectivity index (χ1n) is 4.41. The first kappa shape index (κ1) is 13.1. The number of aliphatic hydroxyl groups is 1. The number of hydrogen-bond donors (Lipinski definition) is 1. The van der Waals surface area contributed by atoms with Crippen LogP contribution < -0.4 is 4.74 Å². The monoisotopic (exact) mass is 312 g/mol. The Labute approximate surface area is 107 Å². The zero-order valence-corrected chi connectivity index (χ0v) is 11.4. The Morgan fingerprint density at radius 1 is 1.27 bits per heavy atom. The van der Waals surface area contributed by atoms with Gasteiger partial charge < -0.3 is 9.84 Å². The molecule has 84 valence electrons. The van der Waals surface area contributed by atoms with Crippen LogP contribution in [0.1, 0.15) is 13.8 Å². The summed E-state index contributed by atoms with van der Waals surface area (Å²) in [7, 11) is 0. The van der Waals surface area contributed by atoms with Crippen LogP contribution in [0.25, 0.3) is 0 Å². The molecule has 0 spiro atoms. The van der Waals surface area contributed by atoms with Crippen LogP contribution in [0.5, 0.6) is 5.75 Å². The van der Waals surface area contributed by atoms with Gasteiger partial charge in [-0.05, 0) is 35.8 Å². The molecule has 2 atom stereocenters. The Morgan fingerprint density at radius 3 is 2.40 bits per heavy atom. The van der Waals surface area contributed by atoms with Gasteiger partial charge in [-0.1, -0.05) is 23.2 Å². The highest BCUT2D eigenvalue weighted by molar-refractivity contribution is 9.10.